The molecule has 3 heterocycles. The summed E-state index contributed by atoms with van der Waals surface area (Å²) in [5, 5.41) is 7.15. The van der Waals surface area contributed by atoms with Crippen LogP contribution in [0.4, 0.5) is 11.9 Å². The highest BCUT2D eigenvalue weighted by molar-refractivity contribution is 5.40. The van der Waals surface area contributed by atoms with Gasteiger partial charge in [0.1, 0.15) is 0 Å². The van der Waals surface area contributed by atoms with E-state index in [0.29, 0.717) is 17.8 Å². The number of nitrogens with zero attached hydrogens (tertiary/aromatic N) is 6. The lowest BCUT2D eigenvalue weighted by Crippen LogP contribution is -2.32. The molecular weight excluding hydrogens is 270 g/mol. The van der Waals surface area contributed by atoms with Gasteiger partial charge in [-0.2, -0.15) is 20.1 Å². The summed E-state index contributed by atoms with van der Waals surface area (Å²) in [6, 6.07) is 1.84. The molecule has 1 fully saturated rings. The van der Waals surface area contributed by atoms with Crippen LogP contribution >= 0.6 is 0 Å². The van der Waals surface area contributed by atoms with Crippen LogP contribution in [0.15, 0.2) is 18.5 Å². The van der Waals surface area contributed by atoms with Crippen molar-refractivity contribution in [3.63, 3.8) is 0 Å². The second kappa shape index (κ2) is 6.04. The van der Waals surface area contributed by atoms with Crippen molar-refractivity contribution in [2.75, 3.05) is 37.0 Å². The standard InChI is InChI=1S/C13H19N7O/c1-10-9-19(6-4-8-21-10)12-16-11(14-2)17-13(18-12)20-7-3-5-15-20/h3,5,7,10H,4,6,8-9H2,1-2H3,(H,14,16,17,18). The molecule has 0 aliphatic carbocycles. The smallest absolute Gasteiger partial charge is 0.257 e. The minimum Gasteiger partial charge on any atom is -0.377 e. The highest BCUT2D eigenvalue weighted by Gasteiger charge is 2.19. The van der Waals surface area contributed by atoms with Crippen LogP contribution < -0.4 is 10.2 Å². The lowest BCUT2D eigenvalue weighted by atomic mass is 10.3. The molecule has 1 aliphatic rings. The zero-order valence-electron chi connectivity index (χ0n) is 12.2. The molecule has 8 heteroatoms. The number of rotatable bonds is 3. The van der Waals surface area contributed by atoms with E-state index in [1.54, 1.807) is 17.9 Å². The monoisotopic (exact) mass is 289 g/mol. The molecule has 1 atom stereocenters. The van der Waals surface area contributed by atoms with Gasteiger partial charge in [-0.3, -0.25) is 0 Å². The summed E-state index contributed by atoms with van der Waals surface area (Å²) in [5.74, 6) is 1.69. The van der Waals surface area contributed by atoms with Crippen LogP contribution in [0.5, 0.6) is 0 Å². The molecule has 8 nitrogen and oxygen atoms in total. The molecule has 0 aromatic carbocycles. The van der Waals surface area contributed by atoms with Gasteiger partial charge >= 0.3 is 0 Å². The largest absolute Gasteiger partial charge is 0.377 e. The summed E-state index contributed by atoms with van der Waals surface area (Å²) in [6.07, 6.45) is 4.63. The first kappa shape index (κ1) is 13.7. The molecule has 0 radical (unpaired) electrons. The Bertz CT molecular complexity index is 586. The Hall–Kier alpha value is -2.22. The van der Waals surface area contributed by atoms with Gasteiger partial charge < -0.3 is 15.0 Å². The van der Waals surface area contributed by atoms with Gasteiger partial charge in [0.25, 0.3) is 5.95 Å². The first-order chi connectivity index (χ1) is 10.3. The number of nitrogens with one attached hydrogen (secondary N) is 1. The predicted molar refractivity (Wildman–Crippen MR) is 78.7 cm³/mol. The summed E-state index contributed by atoms with van der Waals surface area (Å²) in [6.45, 7) is 4.47. The van der Waals surface area contributed by atoms with E-state index in [1.807, 2.05) is 12.3 Å². The Morgan fingerprint density at radius 3 is 2.90 bits per heavy atom. The number of hydrogen-bond donors (Lipinski definition) is 1. The van der Waals surface area contributed by atoms with Crippen molar-refractivity contribution in [3.8, 4) is 5.95 Å². The van der Waals surface area contributed by atoms with Crippen LogP contribution in [-0.2, 0) is 4.74 Å². The van der Waals surface area contributed by atoms with Crippen molar-refractivity contribution in [1.29, 1.82) is 0 Å². The van der Waals surface area contributed by atoms with Gasteiger partial charge in [-0.15, -0.1) is 0 Å². The Labute approximate surface area is 123 Å². The van der Waals surface area contributed by atoms with Crippen LogP contribution in [-0.4, -0.2) is 57.6 Å². The average Bonchev–Trinajstić information content (AvgIpc) is 2.96. The molecule has 21 heavy (non-hydrogen) atoms. The Morgan fingerprint density at radius 2 is 2.14 bits per heavy atom. The summed E-state index contributed by atoms with van der Waals surface area (Å²) in [7, 11) is 1.79. The Morgan fingerprint density at radius 1 is 1.29 bits per heavy atom. The molecule has 2 aromatic heterocycles. The first-order valence-electron chi connectivity index (χ1n) is 7.06. The lowest BCUT2D eigenvalue weighted by Gasteiger charge is -2.22. The molecule has 112 valence electrons. The maximum absolute atomic E-state index is 5.67. The average molecular weight is 289 g/mol. The summed E-state index contributed by atoms with van der Waals surface area (Å²) >= 11 is 0. The minimum atomic E-state index is 0.162. The topological polar surface area (TPSA) is 81.0 Å². The third-order valence-corrected chi connectivity index (χ3v) is 3.28. The fraction of sp³-hybridized carbons (Fsp3) is 0.538. The van der Waals surface area contributed by atoms with Gasteiger partial charge in [-0.05, 0) is 19.4 Å². The van der Waals surface area contributed by atoms with Crippen molar-refractivity contribution >= 4 is 11.9 Å². The van der Waals surface area contributed by atoms with Crippen LogP contribution in [0.1, 0.15) is 13.3 Å². The highest BCUT2D eigenvalue weighted by atomic mass is 16.5. The first-order valence-corrected chi connectivity index (χ1v) is 7.06. The molecule has 2 aromatic rings. The SMILES string of the molecule is CNc1nc(N2CCCOC(C)C2)nc(-n2cccn2)n1. The van der Waals surface area contributed by atoms with Crippen LogP contribution in [0.3, 0.4) is 0 Å². The molecular formula is C13H19N7O. The Balaban J connectivity index is 1.95. The van der Waals surface area contributed by atoms with E-state index >= 15 is 0 Å². The molecule has 0 spiro atoms. The van der Waals surface area contributed by atoms with Crippen molar-refractivity contribution < 1.29 is 4.74 Å². The molecule has 1 unspecified atom stereocenters. The van der Waals surface area contributed by atoms with Crippen molar-refractivity contribution in [3.05, 3.63) is 18.5 Å². The summed E-state index contributed by atoms with van der Waals surface area (Å²) in [5.41, 5.74) is 0. The van der Waals surface area contributed by atoms with Crippen LogP contribution in [0.25, 0.3) is 5.95 Å². The maximum atomic E-state index is 5.67. The molecule has 1 saturated heterocycles. The van der Waals surface area contributed by atoms with Gasteiger partial charge in [0.15, 0.2) is 0 Å². The number of anilines is 2. The highest BCUT2D eigenvalue weighted by Crippen LogP contribution is 2.16. The van der Waals surface area contributed by atoms with Crippen LogP contribution in [0.2, 0.25) is 0 Å². The quantitative estimate of drug-likeness (QED) is 0.891. The molecule has 3 rings (SSSR count). The fourth-order valence-corrected chi connectivity index (χ4v) is 2.27. The van der Waals surface area contributed by atoms with E-state index < -0.39 is 0 Å². The lowest BCUT2D eigenvalue weighted by molar-refractivity contribution is 0.0820. The molecule has 0 bridgehead atoms. The van der Waals surface area contributed by atoms with E-state index in [1.165, 1.54) is 0 Å². The Kier molecular flexibility index (Phi) is 3.96. The molecule has 0 amide bonds. The number of aromatic nitrogens is 5. The number of hydrogen-bond acceptors (Lipinski definition) is 7. The second-order valence-corrected chi connectivity index (χ2v) is 4.94. The van der Waals surface area contributed by atoms with E-state index in [2.05, 4.69) is 37.2 Å². The van der Waals surface area contributed by atoms with Gasteiger partial charge in [0.05, 0.1) is 6.10 Å². The number of ether oxygens (including phenoxy) is 1. The summed E-state index contributed by atoms with van der Waals surface area (Å²) in [4.78, 5) is 15.5. The van der Waals surface area contributed by atoms with Gasteiger partial charge in [-0.25, -0.2) is 4.68 Å². The zero-order chi connectivity index (χ0) is 14.7. The van der Waals surface area contributed by atoms with Crippen molar-refractivity contribution in [2.45, 2.75) is 19.4 Å². The fourth-order valence-electron chi connectivity index (χ4n) is 2.27. The maximum Gasteiger partial charge on any atom is 0.257 e. The van der Waals surface area contributed by atoms with E-state index in [-0.39, 0.29) is 6.10 Å². The van der Waals surface area contributed by atoms with Crippen molar-refractivity contribution in [1.82, 2.24) is 24.7 Å². The van der Waals surface area contributed by atoms with Crippen molar-refractivity contribution in [2.24, 2.45) is 0 Å². The zero-order valence-corrected chi connectivity index (χ0v) is 12.2. The third-order valence-electron chi connectivity index (χ3n) is 3.28. The summed E-state index contributed by atoms with van der Waals surface area (Å²) < 4.78 is 7.30. The van der Waals surface area contributed by atoms with Gasteiger partial charge in [-0.1, -0.05) is 0 Å². The van der Waals surface area contributed by atoms with Gasteiger partial charge in [0, 0.05) is 39.1 Å². The van der Waals surface area contributed by atoms with Crippen LogP contribution in [0, 0.1) is 0 Å². The molecule has 1 N–H and O–H groups in total. The van der Waals surface area contributed by atoms with Gasteiger partial charge in [0.2, 0.25) is 11.9 Å². The molecule has 0 saturated carbocycles. The third kappa shape index (κ3) is 3.10. The van der Waals surface area contributed by atoms with E-state index in [0.717, 1.165) is 26.1 Å². The normalized spacial score (nSPS) is 19.3. The molecule has 1 aliphatic heterocycles. The second-order valence-electron chi connectivity index (χ2n) is 4.94. The minimum absolute atomic E-state index is 0.162. The van der Waals surface area contributed by atoms with E-state index in [9.17, 15) is 0 Å². The van der Waals surface area contributed by atoms with E-state index in [4.69, 9.17) is 4.74 Å². The predicted octanol–water partition coefficient (Wildman–Crippen LogP) is 0.714.